The highest BCUT2D eigenvalue weighted by atomic mass is 16.3. The van der Waals surface area contributed by atoms with Gasteiger partial charge in [0.05, 0.1) is 13.1 Å². The number of nitrogens with one attached hydrogen (secondary N) is 1. The SMILES string of the molecule is Cc1cc(CN(C)C2CC2)oc1CNCC(C)C. The van der Waals surface area contributed by atoms with Crippen LogP contribution in [0.4, 0.5) is 0 Å². The van der Waals surface area contributed by atoms with E-state index in [0.29, 0.717) is 5.92 Å². The quantitative estimate of drug-likeness (QED) is 0.806. The lowest BCUT2D eigenvalue weighted by Gasteiger charge is -2.13. The number of hydrogen-bond donors (Lipinski definition) is 1. The first-order valence-corrected chi connectivity index (χ1v) is 7.05. The fraction of sp³-hybridized carbons (Fsp3) is 0.733. The lowest BCUT2D eigenvalue weighted by molar-refractivity contribution is 0.280. The van der Waals surface area contributed by atoms with Crippen LogP contribution < -0.4 is 5.32 Å². The van der Waals surface area contributed by atoms with Crippen molar-refractivity contribution in [1.82, 2.24) is 10.2 Å². The molecule has 0 unspecified atom stereocenters. The fourth-order valence-electron chi connectivity index (χ4n) is 2.21. The molecule has 3 nitrogen and oxygen atoms in total. The highest BCUT2D eigenvalue weighted by Crippen LogP contribution is 2.27. The lowest BCUT2D eigenvalue weighted by Crippen LogP contribution is -2.20. The molecule has 0 aliphatic heterocycles. The van der Waals surface area contributed by atoms with Gasteiger partial charge in [-0.1, -0.05) is 13.8 Å². The van der Waals surface area contributed by atoms with E-state index < -0.39 is 0 Å². The smallest absolute Gasteiger partial charge is 0.120 e. The van der Waals surface area contributed by atoms with E-state index in [1.165, 1.54) is 18.4 Å². The van der Waals surface area contributed by atoms with Crippen molar-refractivity contribution >= 4 is 0 Å². The second-order valence-corrected chi connectivity index (χ2v) is 5.99. The second kappa shape index (κ2) is 5.89. The summed E-state index contributed by atoms with van der Waals surface area (Å²) in [6.07, 6.45) is 2.69. The molecule has 1 N–H and O–H groups in total. The topological polar surface area (TPSA) is 28.4 Å². The first kappa shape index (κ1) is 13.6. The van der Waals surface area contributed by atoms with E-state index in [1.807, 2.05) is 0 Å². The Balaban J connectivity index is 1.85. The molecular formula is C15H26N2O. The number of hydrogen-bond acceptors (Lipinski definition) is 3. The molecule has 0 atom stereocenters. The Morgan fingerprint density at radius 3 is 2.78 bits per heavy atom. The molecule has 1 heterocycles. The first-order valence-electron chi connectivity index (χ1n) is 7.05. The Kier molecular flexibility index (Phi) is 4.46. The zero-order valence-corrected chi connectivity index (χ0v) is 12.1. The van der Waals surface area contributed by atoms with Gasteiger partial charge in [0, 0.05) is 6.04 Å². The van der Waals surface area contributed by atoms with Gasteiger partial charge >= 0.3 is 0 Å². The van der Waals surface area contributed by atoms with E-state index in [1.54, 1.807) is 0 Å². The van der Waals surface area contributed by atoms with Gasteiger partial charge in [0.25, 0.3) is 0 Å². The zero-order chi connectivity index (χ0) is 13.1. The highest BCUT2D eigenvalue weighted by molar-refractivity contribution is 5.20. The summed E-state index contributed by atoms with van der Waals surface area (Å²) in [4.78, 5) is 2.39. The minimum absolute atomic E-state index is 0.681. The summed E-state index contributed by atoms with van der Waals surface area (Å²) in [6, 6.07) is 2.98. The molecule has 102 valence electrons. The van der Waals surface area contributed by atoms with Crippen LogP contribution in [0.3, 0.4) is 0 Å². The van der Waals surface area contributed by atoms with E-state index in [4.69, 9.17) is 4.42 Å². The molecule has 1 aromatic rings. The van der Waals surface area contributed by atoms with E-state index in [-0.39, 0.29) is 0 Å². The largest absolute Gasteiger partial charge is 0.463 e. The molecule has 2 rings (SSSR count). The van der Waals surface area contributed by atoms with Gasteiger partial charge in [-0.25, -0.2) is 0 Å². The van der Waals surface area contributed by atoms with Crippen LogP contribution in [-0.4, -0.2) is 24.5 Å². The van der Waals surface area contributed by atoms with Gasteiger partial charge in [-0.2, -0.15) is 0 Å². The van der Waals surface area contributed by atoms with Crippen molar-refractivity contribution in [1.29, 1.82) is 0 Å². The van der Waals surface area contributed by atoms with Crippen LogP contribution >= 0.6 is 0 Å². The molecule has 0 bridgehead atoms. The van der Waals surface area contributed by atoms with Crippen molar-refractivity contribution in [2.75, 3.05) is 13.6 Å². The Bertz CT molecular complexity index is 380. The average molecular weight is 250 g/mol. The predicted molar refractivity (Wildman–Crippen MR) is 74.5 cm³/mol. The maximum Gasteiger partial charge on any atom is 0.120 e. The van der Waals surface area contributed by atoms with Crippen LogP contribution in [0.2, 0.25) is 0 Å². The summed E-state index contributed by atoms with van der Waals surface area (Å²) < 4.78 is 5.94. The van der Waals surface area contributed by atoms with Crippen LogP contribution in [-0.2, 0) is 13.1 Å². The predicted octanol–water partition coefficient (Wildman–Crippen LogP) is 2.93. The monoisotopic (exact) mass is 250 g/mol. The van der Waals surface area contributed by atoms with Gasteiger partial charge in [0.2, 0.25) is 0 Å². The van der Waals surface area contributed by atoms with E-state index in [9.17, 15) is 0 Å². The molecule has 1 saturated carbocycles. The maximum atomic E-state index is 5.94. The van der Waals surface area contributed by atoms with Crippen LogP contribution in [0, 0.1) is 12.8 Å². The van der Waals surface area contributed by atoms with Crippen LogP contribution in [0.25, 0.3) is 0 Å². The minimum atomic E-state index is 0.681. The molecule has 1 aliphatic carbocycles. The summed E-state index contributed by atoms with van der Waals surface area (Å²) in [7, 11) is 2.19. The first-order chi connectivity index (χ1) is 8.56. The molecule has 0 aromatic carbocycles. The molecule has 0 amide bonds. The van der Waals surface area contributed by atoms with Gasteiger partial charge in [-0.3, -0.25) is 4.90 Å². The summed E-state index contributed by atoms with van der Waals surface area (Å²) >= 11 is 0. The summed E-state index contributed by atoms with van der Waals surface area (Å²) in [5.74, 6) is 2.87. The van der Waals surface area contributed by atoms with Gasteiger partial charge < -0.3 is 9.73 Å². The molecule has 1 aromatic heterocycles. The standard InChI is InChI=1S/C15H26N2O/c1-11(2)8-16-9-15-12(3)7-14(18-15)10-17(4)13-5-6-13/h7,11,13,16H,5-6,8-10H2,1-4H3. The summed E-state index contributed by atoms with van der Waals surface area (Å²) in [6.45, 7) is 9.40. The molecule has 1 aliphatic rings. The minimum Gasteiger partial charge on any atom is -0.463 e. The van der Waals surface area contributed by atoms with Crippen molar-refractivity contribution < 1.29 is 4.42 Å². The van der Waals surface area contributed by atoms with Gasteiger partial charge in [0.1, 0.15) is 11.5 Å². The van der Waals surface area contributed by atoms with E-state index in [2.05, 4.69) is 44.1 Å². The number of rotatable bonds is 7. The molecule has 0 saturated heterocycles. The van der Waals surface area contributed by atoms with Gasteiger partial charge in [-0.15, -0.1) is 0 Å². The number of nitrogens with zero attached hydrogens (tertiary/aromatic N) is 1. The Labute approximate surface area is 111 Å². The third-order valence-electron chi connectivity index (χ3n) is 3.49. The summed E-state index contributed by atoms with van der Waals surface area (Å²) in [5.41, 5.74) is 1.27. The highest BCUT2D eigenvalue weighted by Gasteiger charge is 2.26. The summed E-state index contributed by atoms with van der Waals surface area (Å²) in [5, 5.41) is 3.44. The molecule has 3 heteroatoms. The Morgan fingerprint density at radius 2 is 2.17 bits per heavy atom. The van der Waals surface area contributed by atoms with Crippen molar-refractivity contribution in [2.24, 2.45) is 5.92 Å². The number of aryl methyl sites for hydroxylation is 1. The van der Waals surface area contributed by atoms with E-state index >= 15 is 0 Å². The fourth-order valence-corrected chi connectivity index (χ4v) is 2.21. The molecular weight excluding hydrogens is 224 g/mol. The maximum absolute atomic E-state index is 5.94. The normalized spacial score (nSPS) is 15.9. The van der Waals surface area contributed by atoms with Crippen molar-refractivity contribution in [2.45, 2.75) is 52.7 Å². The number of furan rings is 1. The van der Waals surface area contributed by atoms with Crippen molar-refractivity contribution in [3.05, 3.63) is 23.2 Å². The van der Waals surface area contributed by atoms with Gasteiger partial charge in [0.15, 0.2) is 0 Å². The van der Waals surface area contributed by atoms with E-state index in [0.717, 1.165) is 37.2 Å². The zero-order valence-electron chi connectivity index (χ0n) is 12.1. The second-order valence-electron chi connectivity index (χ2n) is 5.99. The van der Waals surface area contributed by atoms with Crippen LogP contribution in [0.5, 0.6) is 0 Å². The van der Waals surface area contributed by atoms with Crippen LogP contribution in [0.15, 0.2) is 10.5 Å². The van der Waals surface area contributed by atoms with Crippen LogP contribution in [0.1, 0.15) is 43.8 Å². The molecule has 1 fully saturated rings. The third-order valence-corrected chi connectivity index (χ3v) is 3.49. The Hall–Kier alpha value is -0.800. The molecule has 0 radical (unpaired) electrons. The lowest BCUT2D eigenvalue weighted by atomic mass is 10.2. The van der Waals surface area contributed by atoms with Crippen molar-refractivity contribution in [3.8, 4) is 0 Å². The molecule has 18 heavy (non-hydrogen) atoms. The average Bonchev–Trinajstić information content (AvgIpc) is 3.06. The Morgan fingerprint density at radius 1 is 1.44 bits per heavy atom. The van der Waals surface area contributed by atoms with Gasteiger partial charge in [-0.05, 0) is 50.9 Å². The van der Waals surface area contributed by atoms with Crippen molar-refractivity contribution in [3.63, 3.8) is 0 Å². The molecule has 0 spiro atoms. The third kappa shape index (κ3) is 3.85.